The molecule has 3 amide bonds. The predicted molar refractivity (Wildman–Crippen MR) is 168 cm³/mol. The van der Waals surface area contributed by atoms with Crippen LogP contribution in [-0.2, 0) is 26.2 Å². The third-order valence-electron chi connectivity index (χ3n) is 10.3. The molecular weight excluding hydrogens is 594 g/mol. The van der Waals surface area contributed by atoms with Gasteiger partial charge in [-0.2, -0.15) is 0 Å². The molecule has 6 rings (SSSR count). The van der Waals surface area contributed by atoms with Crippen LogP contribution in [0.5, 0.6) is 11.5 Å². The minimum Gasteiger partial charge on any atom is -0.504 e. The van der Waals surface area contributed by atoms with E-state index in [-0.39, 0.29) is 42.7 Å². The van der Waals surface area contributed by atoms with Gasteiger partial charge in [0, 0.05) is 58.2 Å². The van der Waals surface area contributed by atoms with Crippen LogP contribution in [0.1, 0.15) is 56.6 Å². The third-order valence-corrected chi connectivity index (χ3v) is 10.3. The van der Waals surface area contributed by atoms with Crippen LogP contribution in [0.4, 0.5) is 4.79 Å². The molecule has 2 bridgehead atoms. The Hall–Kier alpha value is -4.04. The Morgan fingerprint density at radius 3 is 2.78 bits per heavy atom. The molecular formula is C32H45N7O7. The number of rotatable bonds is 12. The largest absolute Gasteiger partial charge is 0.504 e. The molecule has 5 atom stereocenters. The number of carbonyl (C=O) groups excluding carboxylic acids is 3. The van der Waals surface area contributed by atoms with Crippen LogP contribution in [0.15, 0.2) is 29.0 Å². The number of aliphatic imine (C=N–C) groups is 1. The Morgan fingerprint density at radius 2 is 2.07 bits per heavy atom. The number of amides is 3. The first-order valence-corrected chi connectivity index (χ1v) is 16.2. The zero-order chi connectivity index (χ0) is 32.8. The number of hydrogen-bond donors (Lipinski definition) is 6. The number of hydrogen-bond acceptors (Lipinski definition) is 9. The van der Waals surface area contributed by atoms with Gasteiger partial charge in [-0.25, -0.2) is 4.79 Å². The first-order valence-electron chi connectivity index (χ1n) is 16.2. The fourth-order valence-electron chi connectivity index (χ4n) is 7.92. The fourth-order valence-corrected chi connectivity index (χ4v) is 7.92. The van der Waals surface area contributed by atoms with E-state index in [1.54, 1.807) is 19.2 Å². The van der Waals surface area contributed by atoms with Gasteiger partial charge in [0.05, 0.1) is 11.0 Å². The van der Waals surface area contributed by atoms with Crippen molar-refractivity contribution in [3.05, 3.63) is 35.1 Å². The van der Waals surface area contributed by atoms with E-state index in [0.29, 0.717) is 56.1 Å². The second-order valence-corrected chi connectivity index (χ2v) is 13.3. The number of aliphatic hydroxyl groups is 1. The lowest BCUT2D eigenvalue weighted by Gasteiger charge is -2.62. The zero-order valence-electron chi connectivity index (χ0n) is 26.5. The summed E-state index contributed by atoms with van der Waals surface area (Å²) in [6.07, 6.45) is 5.19. The topological polar surface area (TPSA) is 205 Å². The molecule has 2 aliphatic heterocycles. The van der Waals surface area contributed by atoms with Crippen molar-refractivity contribution in [3.63, 3.8) is 0 Å². The number of benzene rings is 1. The lowest BCUT2D eigenvalue weighted by Crippen LogP contribution is -2.75. The molecule has 1 aromatic rings. The highest BCUT2D eigenvalue weighted by Gasteiger charge is 2.72. The van der Waals surface area contributed by atoms with E-state index < -0.39 is 29.3 Å². The van der Waals surface area contributed by atoms with Crippen LogP contribution in [0.25, 0.3) is 0 Å². The number of carbonyl (C=O) groups is 3. The van der Waals surface area contributed by atoms with E-state index in [9.17, 15) is 24.6 Å². The Balaban J connectivity index is 1.12. The number of phenols is 1. The summed E-state index contributed by atoms with van der Waals surface area (Å²) in [5, 5.41) is 28.8. The van der Waals surface area contributed by atoms with Gasteiger partial charge in [-0.15, -0.1) is 0 Å². The molecule has 5 aliphatic rings. The molecule has 8 N–H and O–H groups in total. The maximum atomic E-state index is 13.3. The van der Waals surface area contributed by atoms with Gasteiger partial charge < -0.3 is 46.7 Å². The van der Waals surface area contributed by atoms with Gasteiger partial charge in [-0.1, -0.05) is 6.07 Å². The number of phenolic OH excluding ortho intramolecular Hbond substituents is 1. The van der Waals surface area contributed by atoms with Crippen LogP contribution >= 0.6 is 0 Å². The zero-order valence-corrected chi connectivity index (χ0v) is 26.5. The summed E-state index contributed by atoms with van der Waals surface area (Å²) in [6.45, 7) is 3.67. The minimum atomic E-state index is -1.14. The lowest BCUT2D eigenvalue weighted by molar-refractivity contribution is -0.169. The Morgan fingerprint density at radius 1 is 1.28 bits per heavy atom. The monoisotopic (exact) mass is 639 g/mol. The summed E-state index contributed by atoms with van der Waals surface area (Å²) in [6, 6.07) is 2.70. The Bertz CT molecular complexity index is 1460. The first-order chi connectivity index (χ1) is 21.9. The van der Waals surface area contributed by atoms with Gasteiger partial charge in [0.2, 0.25) is 11.8 Å². The minimum absolute atomic E-state index is 0.0103. The van der Waals surface area contributed by atoms with Gasteiger partial charge in [-0.05, 0) is 68.7 Å². The van der Waals surface area contributed by atoms with Crippen molar-refractivity contribution >= 4 is 23.9 Å². The van der Waals surface area contributed by atoms with Crippen LogP contribution in [0.2, 0.25) is 0 Å². The summed E-state index contributed by atoms with van der Waals surface area (Å²) in [4.78, 5) is 45.4. The summed E-state index contributed by atoms with van der Waals surface area (Å²) in [5.41, 5.74) is 10.6. The summed E-state index contributed by atoms with van der Waals surface area (Å²) < 4.78 is 12.4. The average molecular weight is 640 g/mol. The van der Waals surface area contributed by atoms with E-state index in [2.05, 4.69) is 20.5 Å². The quantitative estimate of drug-likeness (QED) is 0.104. The van der Waals surface area contributed by atoms with E-state index in [1.807, 2.05) is 6.07 Å². The van der Waals surface area contributed by atoms with Crippen LogP contribution in [0.3, 0.4) is 0 Å². The standard InChI is InChI=1S/C32H45N7O7/c1-18(40)37-21(4-3-12-36-29(33)34)28(42)35-13-15-38(2)30(43)45-23-9-10-32(44)24-16-20-7-8-22(41)26-25(20)31(32,27(23)46-26)11-14-39(24)17-19-5-6-19/h7-9,19,21,24,27,41,44H,3-6,10-17H2,1-2H3,(H,35,42)(H,37,40)(H4,33,34,36)/t21-,24?,27+,31?,32-/m1/s1. The normalized spacial score (nSPS) is 27.8. The predicted octanol–water partition coefficient (Wildman–Crippen LogP) is 0.193. The molecule has 14 nitrogen and oxygen atoms in total. The molecule has 2 fully saturated rings. The number of piperidine rings is 1. The van der Waals surface area contributed by atoms with Gasteiger partial charge in [0.1, 0.15) is 11.8 Å². The average Bonchev–Trinajstić information content (AvgIpc) is 3.75. The van der Waals surface area contributed by atoms with Crippen LogP contribution in [0, 0.1) is 5.92 Å². The highest BCUT2D eigenvalue weighted by atomic mass is 16.6. The van der Waals surface area contributed by atoms with Crippen LogP contribution < -0.4 is 26.8 Å². The van der Waals surface area contributed by atoms with Crippen molar-refractivity contribution in [1.29, 1.82) is 0 Å². The molecule has 1 aromatic carbocycles. The van der Waals surface area contributed by atoms with Crippen molar-refractivity contribution < 1.29 is 34.1 Å². The number of aromatic hydroxyl groups is 1. The highest BCUT2D eigenvalue weighted by Crippen LogP contribution is 2.65. The molecule has 1 saturated carbocycles. The number of nitrogens with one attached hydrogen (secondary N) is 2. The second-order valence-electron chi connectivity index (χ2n) is 13.3. The molecule has 1 saturated heterocycles. The van der Waals surface area contributed by atoms with E-state index in [1.165, 1.54) is 24.7 Å². The maximum absolute atomic E-state index is 13.3. The van der Waals surface area contributed by atoms with Crippen molar-refractivity contribution in [3.8, 4) is 11.5 Å². The summed E-state index contributed by atoms with van der Waals surface area (Å²) >= 11 is 0. The number of nitrogens with two attached hydrogens (primary N) is 2. The molecule has 2 heterocycles. The maximum Gasteiger partial charge on any atom is 0.414 e. The van der Waals surface area contributed by atoms with Gasteiger partial charge >= 0.3 is 6.09 Å². The lowest BCUT2D eigenvalue weighted by atomic mass is 9.50. The number of likely N-dealkylation sites (tertiary alicyclic amines) is 1. The fraction of sp³-hybridized carbons (Fsp3) is 0.625. The number of likely N-dealkylation sites (N-methyl/N-ethyl adjacent to an activating group) is 1. The van der Waals surface area contributed by atoms with Crippen molar-refractivity contribution in [2.24, 2.45) is 22.4 Å². The SMILES string of the molecule is CC(=O)N[C@H](CCCN=C(N)N)C(=O)NCCN(C)C(=O)OC1=CC[C@@]2(O)C3Cc4ccc(O)c5c4C2(CCN3CC2CC2)[C@H]1O5. The highest BCUT2D eigenvalue weighted by molar-refractivity contribution is 5.86. The summed E-state index contributed by atoms with van der Waals surface area (Å²) in [7, 11) is 1.56. The van der Waals surface area contributed by atoms with Crippen molar-refractivity contribution in [2.45, 2.75) is 81.1 Å². The van der Waals surface area contributed by atoms with Gasteiger partial charge in [0.25, 0.3) is 0 Å². The van der Waals surface area contributed by atoms with E-state index >= 15 is 0 Å². The van der Waals surface area contributed by atoms with Crippen LogP contribution in [-0.4, -0.2) is 107 Å². The Kier molecular flexibility index (Phi) is 8.53. The second kappa shape index (κ2) is 12.3. The molecule has 0 aromatic heterocycles. The van der Waals surface area contributed by atoms with Crippen molar-refractivity contribution in [2.75, 3.05) is 39.8 Å². The molecule has 46 heavy (non-hydrogen) atoms. The smallest absolute Gasteiger partial charge is 0.414 e. The summed E-state index contributed by atoms with van der Waals surface area (Å²) in [5.74, 6) is 0.590. The molecule has 1 spiro atoms. The van der Waals surface area contributed by atoms with E-state index in [4.69, 9.17) is 20.9 Å². The van der Waals surface area contributed by atoms with E-state index in [0.717, 1.165) is 24.2 Å². The number of ether oxygens (including phenoxy) is 2. The van der Waals surface area contributed by atoms with Gasteiger partial charge in [0.15, 0.2) is 23.6 Å². The van der Waals surface area contributed by atoms with Gasteiger partial charge in [-0.3, -0.25) is 19.5 Å². The number of nitrogens with zero attached hydrogens (tertiary/aromatic N) is 3. The first kappa shape index (κ1) is 31.9. The molecule has 3 aliphatic carbocycles. The number of guanidine groups is 1. The molecule has 250 valence electrons. The molecule has 2 unspecified atom stereocenters. The molecule has 0 radical (unpaired) electrons. The van der Waals surface area contributed by atoms with Crippen molar-refractivity contribution in [1.82, 2.24) is 20.4 Å². The third kappa shape index (κ3) is 5.61. The molecule has 14 heteroatoms. The Labute approximate surface area is 268 Å².